The van der Waals surface area contributed by atoms with Gasteiger partial charge in [0.25, 0.3) is 0 Å². The van der Waals surface area contributed by atoms with E-state index in [1.807, 2.05) is 36.2 Å². The van der Waals surface area contributed by atoms with Gasteiger partial charge in [-0.3, -0.25) is 24.6 Å². The van der Waals surface area contributed by atoms with Gasteiger partial charge in [-0.15, -0.1) is 0 Å². The van der Waals surface area contributed by atoms with Gasteiger partial charge in [0, 0.05) is 87.3 Å². The average Bonchev–Trinajstić information content (AvgIpc) is 3.19. The Labute approximate surface area is 327 Å². The number of imide groups is 1. The molecule has 1 unspecified atom stereocenters. The minimum Gasteiger partial charge on any atom is -0.474 e. The summed E-state index contributed by atoms with van der Waals surface area (Å²) in [5, 5.41) is 9.67. The second-order valence-corrected chi connectivity index (χ2v) is 15.0. The van der Waals surface area contributed by atoms with E-state index in [1.165, 1.54) is 12.1 Å². The SMILES string of the molecule is Cc1c(-c2ccc3cnc(Nc4ccc(CC(=O)N5CCN(C6CN(c7ccc(C8CCC(=O)NC8=O)cc7F)C6)CC5)c(F)c4)nc3c2)cnc2c1NCCO2. The van der Waals surface area contributed by atoms with Crippen LogP contribution in [-0.2, 0) is 20.8 Å². The van der Waals surface area contributed by atoms with Crippen molar-refractivity contribution in [3.8, 4) is 17.0 Å². The van der Waals surface area contributed by atoms with E-state index in [1.54, 1.807) is 35.4 Å². The predicted octanol–water partition coefficient (Wildman–Crippen LogP) is 4.92. The molecule has 2 aromatic heterocycles. The number of pyridine rings is 1. The minimum absolute atomic E-state index is 0.0503. The second-order valence-electron chi connectivity index (χ2n) is 15.0. The van der Waals surface area contributed by atoms with E-state index < -0.39 is 11.7 Å². The number of benzene rings is 3. The molecule has 3 fully saturated rings. The van der Waals surface area contributed by atoms with Gasteiger partial charge in [0.05, 0.1) is 23.5 Å². The molecule has 0 spiro atoms. The molecule has 57 heavy (non-hydrogen) atoms. The van der Waals surface area contributed by atoms with Gasteiger partial charge < -0.3 is 25.2 Å². The number of carbonyl (C=O) groups is 3. The molecule has 13 nitrogen and oxygen atoms in total. The Kier molecular flexibility index (Phi) is 9.60. The lowest BCUT2D eigenvalue weighted by Gasteiger charge is -2.49. The molecule has 0 bridgehead atoms. The summed E-state index contributed by atoms with van der Waals surface area (Å²) in [6.45, 7) is 7.05. The van der Waals surface area contributed by atoms with Gasteiger partial charge in [-0.25, -0.2) is 23.7 Å². The molecule has 0 radical (unpaired) electrons. The Morgan fingerprint density at radius 1 is 0.965 bits per heavy atom. The number of nitrogens with one attached hydrogen (secondary N) is 3. The minimum atomic E-state index is -0.530. The van der Waals surface area contributed by atoms with Crippen molar-refractivity contribution in [3.05, 3.63) is 95.3 Å². The topological polar surface area (TPSA) is 145 Å². The first kappa shape index (κ1) is 36.4. The predicted molar refractivity (Wildman–Crippen MR) is 211 cm³/mol. The molecule has 3 N–H and O–H groups in total. The van der Waals surface area contributed by atoms with Crippen molar-refractivity contribution in [2.45, 2.75) is 38.1 Å². The summed E-state index contributed by atoms with van der Waals surface area (Å²) in [5.41, 5.74) is 6.41. The molecule has 0 aliphatic carbocycles. The molecular formula is C42H41F2N9O4. The Bertz CT molecular complexity index is 2420. The van der Waals surface area contributed by atoms with Gasteiger partial charge in [0.15, 0.2) is 0 Å². The fraction of sp³-hybridized carbons (Fsp3) is 0.333. The lowest BCUT2D eigenvalue weighted by molar-refractivity contribution is -0.134. The number of halogens is 2. The van der Waals surface area contributed by atoms with E-state index in [4.69, 9.17) is 9.72 Å². The number of piperazine rings is 1. The van der Waals surface area contributed by atoms with Crippen LogP contribution in [0.5, 0.6) is 5.88 Å². The summed E-state index contributed by atoms with van der Waals surface area (Å²) >= 11 is 0. The van der Waals surface area contributed by atoms with Crippen LogP contribution in [0.1, 0.15) is 35.4 Å². The molecule has 5 aromatic rings. The fourth-order valence-corrected chi connectivity index (χ4v) is 8.16. The number of hydrogen-bond acceptors (Lipinski definition) is 11. The third kappa shape index (κ3) is 7.30. The Morgan fingerprint density at radius 3 is 2.60 bits per heavy atom. The standard InChI is InChI=1S/C42H41F2N9O4/c1-24-32(21-46-41-39(24)45-10-15-57-41)26-2-3-28-20-47-42(49-35(28)17-26)48-29-6-4-27(33(43)19-29)18-38(55)52-13-11-51(12-14-52)30-22-53(23-30)36-8-5-25(16-34(36)44)31-7-9-37(54)50-40(31)56/h2-6,8,16-17,19-21,30-31,45H,7,9-15,18,22-23H2,1H3,(H,47,48,49)(H,50,54,56). The van der Waals surface area contributed by atoms with E-state index in [0.29, 0.717) is 86.6 Å². The highest BCUT2D eigenvalue weighted by atomic mass is 19.1. The van der Waals surface area contributed by atoms with E-state index in [0.717, 1.165) is 39.8 Å². The summed E-state index contributed by atoms with van der Waals surface area (Å²) in [4.78, 5) is 56.7. The summed E-state index contributed by atoms with van der Waals surface area (Å²) in [6, 6.07) is 15.7. The van der Waals surface area contributed by atoms with E-state index in [-0.39, 0.29) is 42.4 Å². The number of hydrogen-bond donors (Lipinski definition) is 3. The summed E-state index contributed by atoms with van der Waals surface area (Å²) < 4.78 is 36.2. The molecule has 292 valence electrons. The first-order chi connectivity index (χ1) is 27.7. The summed E-state index contributed by atoms with van der Waals surface area (Å²) in [7, 11) is 0. The maximum Gasteiger partial charge on any atom is 0.237 e. The van der Waals surface area contributed by atoms with Gasteiger partial charge in [-0.05, 0) is 65.9 Å². The van der Waals surface area contributed by atoms with Crippen LogP contribution in [0.4, 0.5) is 31.8 Å². The Hall–Kier alpha value is -6.22. The first-order valence-corrected chi connectivity index (χ1v) is 19.3. The molecule has 6 heterocycles. The monoisotopic (exact) mass is 773 g/mol. The van der Waals surface area contributed by atoms with Crippen molar-refractivity contribution in [1.82, 2.24) is 30.1 Å². The number of ether oxygens (including phenoxy) is 1. The molecule has 4 aliphatic heterocycles. The zero-order valence-electron chi connectivity index (χ0n) is 31.4. The number of rotatable bonds is 8. The zero-order valence-corrected chi connectivity index (χ0v) is 31.4. The van der Waals surface area contributed by atoms with Gasteiger partial charge in [0.2, 0.25) is 29.5 Å². The molecule has 3 saturated heterocycles. The number of nitrogens with zero attached hydrogens (tertiary/aromatic N) is 6. The lowest BCUT2D eigenvalue weighted by Crippen LogP contribution is -2.63. The molecule has 1 atom stereocenters. The summed E-state index contributed by atoms with van der Waals surface area (Å²) in [5.74, 6) is -1.31. The van der Waals surface area contributed by atoms with Crippen molar-refractivity contribution in [1.29, 1.82) is 0 Å². The zero-order chi connectivity index (χ0) is 39.2. The average molecular weight is 774 g/mol. The van der Waals surface area contributed by atoms with Crippen molar-refractivity contribution < 1.29 is 27.9 Å². The number of carbonyl (C=O) groups excluding carboxylic acids is 3. The van der Waals surface area contributed by atoms with E-state index >= 15 is 8.78 Å². The van der Waals surface area contributed by atoms with Gasteiger partial charge >= 0.3 is 0 Å². The van der Waals surface area contributed by atoms with Crippen LogP contribution in [0.25, 0.3) is 22.0 Å². The van der Waals surface area contributed by atoms with E-state index in [9.17, 15) is 14.4 Å². The van der Waals surface area contributed by atoms with E-state index in [2.05, 4.69) is 30.8 Å². The number of anilines is 4. The highest BCUT2D eigenvalue weighted by molar-refractivity contribution is 6.01. The molecule has 3 aromatic carbocycles. The van der Waals surface area contributed by atoms with Crippen LogP contribution in [0, 0.1) is 18.6 Å². The van der Waals surface area contributed by atoms with Crippen LogP contribution in [-0.4, -0.2) is 101 Å². The molecule has 3 amide bonds. The van der Waals surface area contributed by atoms with Crippen LogP contribution < -0.4 is 25.6 Å². The molecular weight excluding hydrogens is 733 g/mol. The second kappa shape index (κ2) is 15.0. The molecule has 0 saturated carbocycles. The lowest BCUT2D eigenvalue weighted by atomic mass is 9.90. The molecule has 15 heteroatoms. The van der Waals surface area contributed by atoms with Crippen LogP contribution in [0.2, 0.25) is 0 Å². The van der Waals surface area contributed by atoms with Crippen LogP contribution >= 0.6 is 0 Å². The van der Waals surface area contributed by atoms with Crippen molar-refractivity contribution in [2.24, 2.45) is 0 Å². The van der Waals surface area contributed by atoms with Crippen molar-refractivity contribution in [2.75, 3.05) is 68.0 Å². The smallest absolute Gasteiger partial charge is 0.237 e. The number of fused-ring (bicyclic) bond motifs is 2. The van der Waals surface area contributed by atoms with Crippen molar-refractivity contribution in [3.63, 3.8) is 0 Å². The highest BCUT2D eigenvalue weighted by Gasteiger charge is 2.36. The maximum absolute atomic E-state index is 15.4. The van der Waals surface area contributed by atoms with Crippen LogP contribution in [0.15, 0.2) is 67.0 Å². The number of piperidine rings is 1. The number of amides is 3. The summed E-state index contributed by atoms with van der Waals surface area (Å²) in [6.07, 6.45) is 4.09. The highest BCUT2D eigenvalue weighted by Crippen LogP contribution is 2.36. The normalized spacial score (nSPS) is 18.7. The maximum atomic E-state index is 15.4. The quantitative estimate of drug-likeness (QED) is 0.185. The third-order valence-electron chi connectivity index (χ3n) is 11.5. The van der Waals surface area contributed by atoms with Gasteiger partial charge in [-0.2, -0.15) is 0 Å². The Balaban J connectivity index is 0.771. The molecule has 9 rings (SSSR count). The largest absolute Gasteiger partial charge is 0.474 e. The fourth-order valence-electron chi connectivity index (χ4n) is 8.16. The van der Waals surface area contributed by atoms with Crippen molar-refractivity contribution >= 4 is 51.6 Å². The van der Waals surface area contributed by atoms with Gasteiger partial charge in [0.1, 0.15) is 23.9 Å². The number of aromatic nitrogens is 3. The Morgan fingerprint density at radius 2 is 1.81 bits per heavy atom. The first-order valence-electron chi connectivity index (χ1n) is 19.3. The third-order valence-corrected chi connectivity index (χ3v) is 11.5. The van der Waals surface area contributed by atoms with Gasteiger partial charge in [-0.1, -0.05) is 24.3 Å². The van der Waals surface area contributed by atoms with Crippen LogP contribution in [0.3, 0.4) is 0 Å². The molecule has 4 aliphatic rings.